The Labute approximate surface area is 135 Å². The lowest BCUT2D eigenvalue weighted by atomic mass is 9.84. The average Bonchev–Trinajstić information content (AvgIpc) is 3.24. The van der Waals surface area contributed by atoms with Crippen molar-refractivity contribution in [2.75, 3.05) is 0 Å². The fourth-order valence-corrected chi connectivity index (χ4v) is 3.66. The summed E-state index contributed by atoms with van der Waals surface area (Å²) in [6.45, 7) is 0. The standard InChI is InChI=1S/C18H22N4O/c23-16-6-2-13(3-7-16)1-4-14-10-19-18-8-5-15(9-17(14)18)22-11-20-21-12-22/h5,8-13,16,19,23H,1-4,6-7H2. The fraction of sp³-hybridized carbons (Fsp3) is 0.444. The molecule has 0 unspecified atom stereocenters. The van der Waals surface area contributed by atoms with Crippen LogP contribution in [0.2, 0.25) is 0 Å². The highest BCUT2D eigenvalue weighted by molar-refractivity contribution is 5.85. The van der Waals surface area contributed by atoms with E-state index in [0.717, 1.165) is 43.7 Å². The Balaban J connectivity index is 1.52. The summed E-state index contributed by atoms with van der Waals surface area (Å²) in [6.07, 6.45) is 12.1. The number of nitrogens with zero attached hydrogens (tertiary/aromatic N) is 3. The highest BCUT2D eigenvalue weighted by Gasteiger charge is 2.19. The van der Waals surface area contributed by atoms with Crippen molar-refractivity contribution in [3.63, 3.8) is 0 Å². The number of aliphatic hydroxyl groups excluding tert-OH is 1. The first-order valence-corrected chi connectivity index (χ1v) is 8.42. The molecule has 5 nitrogen and oxygen atoms in total. The molecule has 0 atom stereocenters. The lowest BCUT2D eigenvalue weighted by Crippen LogP contribution is -2.18. The van der Waals surface area contributed by atoms with Crippen LogP contribution in [-0.2, 0) is 6.42 Å². The van der Waals surface area contributed by atoms with Gasteiger partial charge in [-0.2, -0.15) is 0 Å². The number of aromatic amines is 1. The van der Waals surface area contributed by atoms with E-state index < -0.39 is 0 Å². The van der Waals surface area contributed by atoms with Gasteiger partial charge in [0.2, 0.25) is 0 Å². The molecule has 1 aromatic carbocycles. The van der Waals surface area contributed by atoms with Gasteiger partial charge >= 0.3 is 0 Å². The number of H-pyrrole nitrogens is 1. The van der Waals surface area contributed by atoms with Crippen LogP contribution in [0, 0.1) is 5.92 Å². The SMILES string of the molecule is OC1CCC(CCc2c[nH]c3ccc(-n4cnnc4)cc23)CC1. The summed E-state index contributed by atoms with van der Waals surface area (Å²) in [5, 5.41) is 18.7. The molecular weight excluding hydrogens is 288 g/mol. The quantitative estimate of drug-likeness (QED) is 0.777. The summed E-state index contributed by atoms with van der Waals surface area (Å²) < 4.78 is 1.93. The largest absolute Gasteiger partial charge is 0.393 e. The van der Waals surface area contributed by atoms with E-state index in [-0.39, 0.29) is 6.10 Å². The van der Waals surface area contributed by atoms with E-state index in [0.29, 0.717) is 0 Å². The van der Waals surface area contributed by atoms with Crippen LogP contribution in [0.15, 0.2) is 37.1 Å². The summed E-state index contributed by atoms with van der Waals surface area (Å²) in [6, 6.07) is 6.40. The predicted molar refractivity (Wildman–Crippen MR) is 89.5 cm³/mol. The number of hydrogen-bond donors (Lipinski definition) is 2. The van der Waals surface area contributed by atoms with Crippen LogP contribution in [0.5, 0.6) is 0 Å². The number of nitrogens with one attached hydrogen (secondary N) is 1. The molecule has 2 N–H and O–H groups in total. The van der Waals surface area contributed by atoms with E-state index in [4.69, 9.17) is 0 Å². The number of aliphatic hydroxyl groups is 1. The zero-order chi connectivity index (χ0) is 15.6. The van der Waals surface area contributed by atoms with Gasteiger partial charge in [0.05, 0.1) is 6.10 Å². The molecule has 5 heteroatoms. The number of benzene rings is 1. The van der Waals surface area contributed by atoms with Crippen LogP contribution < -0.4 is 0 Å². The second-order valence-corrected chi connectivity index (χ2v) is 6.63. The zero-order valence-corrected chi connectivity index (χ0v) is 13.2. The second-order valence-electron chi connectivity index (χ2n) is 6.63. The number of aryl methyl sites for hydroxylation is 1. The molecule has 4 rings (SSSR count). The summed E-state index contributed by atoms with van der Waals surface area (Å²) in [4.78, 5) is 3.37. The molecule has 1 aliphatic rings. The first kappa shape index (κ1) is 14.5. The van der Waals surface area contributed by atoms with Gasteiger partial charge in [0.15, 0.2) is 0 Å². The van der Waals surface area contributed by atoms with Crippen molar-refractivity contribution in [1.82, 2.24) is 19.7 Å². The predicted octanol–water partition coefficient (Wildman–Crippen LogP) is 3.23. The van der Waals surface area contributed by atoms with Gasteiger partial charge < -0.3 is 10.1 Å². The smallest absolute Gasteiger partial charge is 0.123 e. The van der Waals surface area contributed by atoms with Crippen molar-refractivity contribution < 1.29 is 5.11 Å². The number of hydrogen-bond acceptors (Lipinski definition) is 3. The van der Waals surface area contributed by atoms with E-state index in [1.807, 2.05) is 4.57 Å². The molecule has 0 amide bonds. The molecule has 2 heterocycles. The Morgan fingerprint density at radius 3 is 2.70 bits per heavy atom. The lowest BCUT2D eigenvalue weighted by Gasteiger charge is -2.25. The van der Waals surface area contributed by atoms with Gasteiger partial charge in [0, 0.05) is 22.8 Å². The highest BCUT2D eigenvalue weighted by Crippen LogP contribution is 2.30. The molecule has 0 spiro atoms. The van der Waals surface area contributed by atoms with E-state index in [1.54, 1.807) is 12.7 Å². The highest BCUT2D eigenvalue weighted by atomic mass is 16.3. The van der Waals surface area contributed by atoms with Gasteiger partial charge in [-0.05, 0) is 68.2 Å². The topological polar surface area (TPSA) is 66.7 Å². The van der Waals surface area contributed by atoms with Crippen molar-refractivity contribution in [1.29, 1.82) is 0 Å². The fourth-order valence-electron chi connectivity index (χ4n) is 3.66. The molecule has 1 saturated carbocycles. The van der Waals surface area contributed by atoms with E-state index in [2.05, 4.69) is 39.6 Å². The van der Waals surface area contributed by atoms with Gasteiger partial charge in [-0.3, -0.25) is 4.57 Å². The molecule has 0 radical (unpaired) electrons. The van der Waals surface area contributed by atoms with Crippen LogP contribution >= 0.6 is 0 Å². The van der Waals surface area contributed by atoms with Gasteiger partial charge in [-0.25, -0.2) is 0 Å². The zero-order valence-electron chi connectivity index (χ0n) is 13.2. The first-order valence-electron chi connectivity index (χ1n) is 8.42. The van der Waals surface area contributed by atoms with Crippen LogP contribution in [0.3, 0.4) is 0 Å². The van der Waals surface area contributed by atoms with Crippen molar-refractivity contribution >= 4 is 10.9 Å². The summed E-state index contributed by atoms with van der Waals surface area (Å²) in [5.41, 5.74) is 3.64. The second kappa shape index (κ2) is 6.16. The molecular formula is C18H22N4O. The third-order valence-electron chi connectivity index (χ3n) is 5.11. The van der Waals surface area contributed by atoms with E-state index in [1.165, 1.54) is 22.9 Å². The summed E-state index contributed by atoms with van der Waals surface area (Å²) in [7, 11) is 0. The minimum atomic E-state index is -0.0642. The van der Waals surface area contributed by atoms with Crippen LogP contribution in [-0.4, -0.2) is 31.0 Å². The van der Waals surface area contributed by atoms with Gasteiger partial charge in [0.1, 0.15) is 12.7 Å². The summed E-state index contributed by atoms with van der Waals surface area (Å²) >= 11 is 0. The maximum atomic E-state index is 9.62. The molecule has 23 heavy (non-hydrogen) atoms. The maximum absolute atomic E-state index is 9.62. The Morgan fingerprint density at radius 1 is 1.13 bits per heavy atom. The Hall–Kier alpha value is -2.14. The molecule has 0 saturated heterocycles. The minimum Gasteiger partial charge on any atom is -0.393 e. The van der Waals surface area contributed by atoms with Crippen LogP contribution in [0.4, 0.5) is 0 Å². The summed E-state index contributed by atoms with van der Waals surface area (Å²) in [5.74, 6) is 0.754. The van der Waals surface area contributed by atoms with E-state index >= 15 is 0 Å². The van der Waals surface area contributed by atoms with E-state index in [9.17, 15) is 5.11 Å². The van der Waals surface area contributed by atoms with Crippen molar-refractivity contribution in [2.24, 2.45) is 5.92 Å². The maximum Gasteiger partial charge on any atom is 0.123 e. The van der Waals surface area contributed by atoms with Crippen molar-refractivity contribution in [2.45, 2.75) is 44.6 Å². The van der Waals surface area contributed by atoms with Crippen molar-refractivity contribution in [3.05, 3.63) is 42.6 Å². The normalized spacial score (nSPS) is 21.8. The molecule has 2 aromatic heterocycles. The lowest BCUT2D eigenvalue weighted by molar-refractivity contribution is 0.106. The van der Waals surface area contributed by atoms with Crippen molar-refractivity contribution in [3.8, 4) is 5.69 Å². The molecule has 0 bridgehead atoms. The number of aromatic nitrogens is 4. The number of fused-ring (bicyclic) bond motifs is 1. The van der Waals surface area contributed by atoms with Gasteiger partial charge in [0.25, 0.3) is 0 Å². The van der Waals surface area contributed by atoms with Gasteiger partial charge in [-0.15, -0.1) is 10.2 Å². The first-order chi connectivity index (χ1) is 11.3. The Morgan fingerprint density at radius 2 is 1.91 bits per heavy atom. The molecule has 120 valence electrons. The third-order valence-corrected chi connectivity index (χ3v) is 5.11. The molecule has 3 aromatic rings. The molecule has 0 aliphatic heterocycles. The molecule has 1 fully saturated rings. The Kier molecular flexibility index (Phi) is 3.87. The number of rotatable bonds is 4. The third kappa shape index (κ3) is 3.01. The molecule has 1 aliphatic carbocycles. The monoisotopic (exact) mass is 310 g/mol. The average molecular weight is 310 g/mol. The minimum absolute atomic E-state index is 0.0642. The Bertz CT molecular complexity index is 770. The van der Waals surface area contributed by atoms with Gasteiger partial charge in [-0.1, -0.05) is 0 Å². The van der Waals surface area contributed by atoms with Crippen LogP contribution in [0.25, 0.3) is 16.6 Å². The van der Waals surface area contributed by atoms with Crippen LogP contribution in [0.1, 0.15) is 37.7 Å².